The molecule has 0 saturated carbocycles. The Bertz CT molecular complexity index is 684. The van der Waals surface area contributed by atoms with E-state index in [9.17, 15) is 4.79 Å². The van der Waals surface area contributed by atoms with E-state index >= 15 is 0 Å². The second-order valence-electron chi connectivity index (χ2n) is 4.96. The van der Waals surface area contributed by atoms with Gasteiger partial charge >= 0.3 is 6.03 Å². The third kappa shape index (κ3) is 3.69. The lowest BCUT2D eigenvalue weighted by atomic mass is 10.1. The molecule has 2 aromatic carbocycles. The first-order chi connectivity index (χ1) is 10.5. The molecule has 0 atom stereocenters. The van der Waals surface area contributed by atoms with Crippen LogP contribution in [0.2, 0.25) is 0 Å². The van der Waals surface area contributed by atoms with Crippen LogP contribution >= 0.6 is 0 Å². The third-order valence-corrected chi connectivity index (χ3v) is 3.28. The summed E-state index contributed by atoms with van der Waals surface area (Å²) in [5.41, 5.74) is 3.47. The Morgan fingerprint density at radius 2 is 1.64 bits per heavy atom. The summed E-state index contributed by atoms with van der Waals surface area (Å²) in [7, 11) is 3.12. The number of rotatable bonds is 4. The van der Waals surface area contributed by atoms with Crippen molar-refractivity contribution in [2.24, 2.45) is 0 Å². The number of carbonyl (C=O) groups excluding carboxylic acids is 1. The minimum absolute atomic E-state index is 0.335. The summed E-state index contributed by atoms with van der Waals surface area (Å²) in [5, 5.41) is 5.60. The number of ether oxygens (including phenoxy) is 2. The molecule has 0 fully saturated rings. The van der Waals surface area contributed by atoms with Gasteiger partial charge < -0.3 is 20.1 Å². The lowest BCUT2D eigenvalue weighted by molar-refractivity contribution is 0.262. The van der Waals surface area contributed by atoms with Crippen molar-refractivity contribution in [3.63, 3.8) is 0 Å². The van der Waals surface area contributed by atoms with E-state index in [4.69, 9.17) is 9.47 Å². The van der Waals surface area contributed by atoms with Gasteiger partial charge in [0, 0.05) is 11.8 Å². The largest absolute Gasteiger partial charge is 0.497 e. The predicted molar refractivity (Wildman–Crippen MR) is 88.1 cm³/mol. The maximum Gasteiger partial charge on any atom is 0.323 e. The second kappa shape index (κ2) is 6.85. The van der Waals surface area contributed by atoms with Crippen LogP contribution in [-0.4, -0.2) is 20.3 Å². The number of hydrogen-bond acceptors (Lipinski definition) is 3. The van der Waals surface area contributed by atoms with Gasteiger partial charge in [-0.05, 0) is 37.6 Å². The van der Waals surface area contributed by atoms with Crippen molar-refractivity contribution in [1.29, 1.82) is 0 Å². The molecule has 2 rings (SSSR count). The zero-order chi connectivity index (χ0) is 16.1. The fourth-order valence-electron chi connectivity index (χ4n) is 2.14. The zero-order valence-electron chi connectivity index (χ0n) is 13.2. The van der Waals surface area contributed by atoms with Gasteiger partial charge in [0.2, 0.25) is 0 Å². The zero-order valence-corrected chi connectivity index (χ0v) is 13.2. The molecule has 0 spiro atoms. The highest BCUT2D eigenvalue weighted by Gasteiger charge is 2.10. The molecular formula is C17H20N2O3. The molecule has 0 bridgehead atoms. The molecule has 5 heteroatoms. The average molecular weight is 300 g/mol. The molecule has 116 valence electrons. The SMILES string of the molecule is COc1ccc(OC)c(NC(=O)Nc2ccc(C)cc2C)c1. The molecule has 22 heavy (non-hydrogen) atoms. The fraction of sp³-hybridized carbons (Fsp3) is 0.235. The molecule has 2 amide bonds. The predicted octanol–water partition coefficient (Wildman–Crippen LogP) is 3.96. The smallest absolute Gasteiger partial charge is 0.323 e. The number of hydrogen-bond donors (Lipinski definition) is 2. The quantitative estimate of drug-likeness (QED) is 0.898. The summed E-state index contributed by atoms with van der Waals surface area (Å²) < 4.78 is 10.4. The first-order valence-electron chi connectivity index (χ1n) is 6.90. The van der Waals surface area contributed by atoms with E-state index in [0.717, 1.165) is 16.8 Å². The summed E-state index contributed by atoms with van der Waals surface area (Å²) in [6.45, 7) is 3.96. The number of urea groups is 1. The summed E-state index contributed by atoms with van der Waals surface area (Å²) in [6, 6.07) is 10.7. The molecule has 0 aromatic heterocycles. The van der Waals surface area contributed by atoms with Crippen LogP contribution in [0, 0.1) is 13.8 Å². The molecule has 0 aliphatic carbocycles. The summed E-state index contributed by atoms with van der Waals surface area (Å²) >= 11 is 0. The maximum atomic E-state index is 12.2. The third-order valence-electron chi connectivity index (χ3n) is 3.28. The molecule has 2 aromatic rings. The first-order valence-corrected chi connectivity index (χ1v) is 6.90. The van der Waals surface area contributed by atoms with Crippen LogP contribution in [0.3, 0.4) is 0 Å². The summed E-state index contributed by atoms with van der Waals surface area (Å²) in [4.78, 5) is 12.2. The summed E-state index contributed by atoms with van der Waals surface area (Å²) in [6.07, 6.45) is 0. The average Bonchev–Trinajstić information content (AvgIpc) is 2.50. The van der Waals surface area contributed by atoms with Crippen LogP contribution in [0.25, 0.3) is 0 Å². The number of carbonyl (C=O) groups is 1. The molecule has 0 heterocycles. The molecule has 0 aliphatic heterocycles. The van der Waals surface area contributed by atoms with Crippen LogP contribution in [0.15, 0.2) is 36.4 Å². The number of benzene rings is 2. The van der Waals surface area contributed by atoms with Gasteiger partial charge in [0.25, 0.3) is 0 Å². The number of methoxy groups -OCH3 is 2. The topological polar surface area (TPSA) is 59.6 Å². The molecular weight excluding hydrogens is 280 g/mol. The van der Waals surface area contributed by atoms with Crippen LogP contribution < -0.4 is 20.1 Å². The fourth-order valence-corrected chi connectivity index (χ4v) is 2.14. The van der Waals surface area contributed by atoms with Crippen molar-refractivity contribution >= 4 is 17.4 Å². The van der Waals surface area contributed by atoms with Crippen LogP contribution in [-0.2, 0) is 0 Å². The monoisotopic (exact) mass is 300 g/mol. The van der Waals surface area contributed by atoms with Gasteiger partial charge in [-0.15, -0.1) is 0 Å². The number of aryl methyl sites for hydroxylation is 2. The van der Waals surface area contributed by atoms with E-state index in [1.54, 1.807) is 32.4 Å². The second-order valence-corrected chi connectivity index (χ2v) is 4.96. The van der Waals surface area contributed by atoms with Crippen molar-refractivity contribution in [3.05, 3.63) is 47.5 Å². The Balaban J connectivity index is 2.14. The lowest BCUT2D eigenvalue weighted by Gasteiger charge is -2.13. The molecule has 0 aliphatic rings. The Labute approximate surface area is 130 Å². The highest BCUT2D eigenvalue weighted by molar-refractivity contribution is 6.01. The number of anilines is 2. The Kier molecular flexibility index (Phi) is 4.88. The Hall–Kier alpha value is -2.69. The van der Waals surface area contributed by atoms with Crippen molar-refractivity contribution in [2.75, 3.05) is 24.9 Å². The highest BCUT2D eigenvalue weighted by Crippen LogP contribution is 2.29. The number of amides is 2. The standard InChI is InChI=1S/C17H20N2O3/c1-11-5-7-14(12(2)9-11)18-17(20)19-15-10-13(21-3)6-8-16(15)22-4/h5-10H,1-4H3,(H2,18,19,20). The van der Waals surface area contributed by atoms with Crippen LogP contribution in [0.4, 0.5) is 16.2 Å². The molecule has 0 unspecified atom stereocenters. The van der Waals surface area contributed by atoms with Gasteiger partial charge in [-0.25, -0.2) is 4.79 Å². The van der Waals surface area contributed by atoms with Gasteiger partial charge in [0.05, 0.1) is 19.9 Å². The van der Waals surface area contributed by atoms with Crippen molar-refractivity contribution in [2.45, 2.75) is 13.8 Å². The summed E-state index contributed by atoms with van der Waals surface area (Å²) in [5.74, 6) is 1.21. The van der Waals surface area contributed by atoms with Crippen molar-refractivity contribution < 1.29 is 14.3 Å². The van der Waals surface area contributed by atoms with Gasteiger partial charge in [-0.2, -0.15) is 0 Å². The molecule has 0 radical (unpaired) electrons. The van der Waals surface area contributed by atoms with E-state index in [0.29, 0.717) is 17.2 Å². The molecule has 2 N–H and O–H groups in total. The van der Waals surface area contributed by atoms with Crippen LogP contribution in [0.1, 0.15) is 11.1 Å². The van der Waals surface area contributed by atoms with Crippen molar-refractivity contribution in [3.8, 4) is 11.5 Å². The van der Waals surface area contributed by atoms with Gasteiger partial charge in [-0.1, -0.05) is 17.7 Å². The minimum atomic E-state index is -0.335. The Morgan fingerprint density at radius 3 is 2.27 bits per heavy atom. The van der Waals surface area contributed by atoms with E-state index in [-0.39, 0.29) is 6.03 Å². The van der Waals surface area contributed by atoms with E-state index in [1.807, 2.05) is 32.0 Å². The van der Waals surface area contributed by atoms with E-state index in [2.05, 4.69) is 10.6 Å². The first kappa shape index (κ1) is 15.7. The molecule has 5 nitrogen and oxygen atoms in total. The maximum absolute atomic E-state index is 12.2. The highest BCUT2D eigenvalue weighted by atomic mass is 16.5. The number of nitrogens with one attached hydrogen (secondary N) is 2. The normalized spacial score (nSPS) is 10.0. The van der Waals surface area contributed by atoms with Gasteiger partial charge in [-0.3, -0.25) is 0 Å². The Morgan fingerprint density at radius 1 is 0.909 bits per heavy atom. The van der Waals surface area contributed by atoms with Gasteiger partial charge in [0.1, 0.15) is 11.5 Å². The van der Waals surface area contributed by atoms with Gasteiger partial charge in [0.15, 0.2) is 0 Å². The minimum Gasteiger partial charge on any atom is -0.497 e. The van der Waals surface area contributed by atoms with E-state index < -0.39 is 0 Å². The molecule has 0 saturated heterocycles. The lowest BCUT2D eigenvalue weighted by Crippen LogP contribution is -2.20. The van der Waals surface area contributed by atoms with E-state index in [1.165, 1.54) is 0 Å². The van der Waals surface area contributed by atoms with Crippen molar-refractivity contribution in [1.82, 2.24) is 0 Å². The van der Waals surface area contributed by atoms with Crippen LogP contribution in [0.5, 0.6) is 11.5 Å².